The second-order valence-electron chi connectivity index (χ2n) is 7.18. The number of rotatable bonds is 4. The van der Waals surface area contributed by atoms with Crippen LogP contribution in [0.1, 0.15) is 42.1 Å². The van der Waals surface area contributed by atoms with Crippen LogP contribution in [0.25, 0.3) is 0 Å². The zero-order chi connectivity index (χ0) is 18.0. The first-order valence-electron chi connectivity index (χ1n) is 8.76. The van der Waals surface area contributed by atoms with Crippen molar-refractivity contribution in [3.63, 3.8) is 0 Å². The molecule has 2 aromatic rings. The zero-order valence-corrected chi connectivity index (χ0v) is 15.8. The molecule has 25 heavy (non-hydrogen) atoms. The Morgan fingerprint density at radius 3 is 2.52 bits per heavy atom. The minimum Gasteiger partial charge on any atom is -0.455 e. The Morgan fingerprint density at radius 1 is 1.16 bits per heavy atom. The maximum absolute atomic E-state index is 12.7. The molecule has 0 aliphatic carbocycles. The third kappa shape index (κ3) is 4.21. The van der Waals surface area contributed by atoms with Crippen LogP contribution >= 0.6 is 0 Å². The molecule has 1 aromatic carbocycles. The summed E-state index contributed by atoms with van der Waals surface area (Å²) in [7, 11) is -1.18. The number of aryl methyl sites for hydroxylation is 1. The summed E-state index contributed by atoms with van der Waals surface area (Å²) >= 11 is 0. The highest BCUT2D eigenvalue weighted by Gasteiger charge is 2.27. The normalized spacial score (nSPS) is 22.0. The first kappa shape index (κ1) is 17.9. The summed E-state index contributed by atoms with van der Waals surface area (Å²) in [5, 5.41) is 0. The molecule has 1 aliphatic rings. The smallest absolute Gasteiger partial charge is 0.289 e. The summed E-state index contributed by atoms with van der Waals surface area (Å²) in [4.78, 5) is 15.4. The van der Waals surface area contributed by atoms with Gasteiger partial charge in [-0.1, -0.05) is 32.0 Å². The minimum absolute atomic E-state index is 0.0636. The molecule has 0 unspecified atom stereocenters. The predicted molar refractivity (Wildman–Crippen MR) is 98.8 cm³/mol. The Labute approximate surface area is 151 Å². The van der Waals surface area contributed by atoms with E-state index < -0.39 is 10.8 Å². The van der Waals surface area contributed by atoms with Crippen molar-refractivity contribution in [3.05, 3.63) is 53.5 Å². The van der Waals surface area contributed by atoms with Crippen molar-refractivity contribution in [2.24, 2.45) is 11.8 Å². The zero-order valence-electron chi connectivity index (χ0n) is 15.0. The second kappa shape index (κ2) is 7.56. The standard InChI is InChI=1S/C20H25NO3S/c1-14-10-15(2)12-21(11-14)20(22)18-9-8-17(24-18)13-25(23)19-7-5-4-6-16(19)3/h4-9,14-15H,10-13H2,1-3H3/t14-,15+,25-/m0/s1. The molecule has 0 radical (unpaired) electrons. The Bertz CT molecular complexity index is 773. The molecule has 0 bridgehead atoms. The third-order valence-corrected chi connectivity index (χ3v) is 6.14. The largest absolute Gasteiger partial charge is 0.455 e. The third-order valence-electron chi connectivity index (χ3n) is 4.64. The van der Waals surface area contributed by atoms with Crippen LogP contribution < -0.4 is 0 Å². The van der Waals surface area contributed by atoms with Gasteiger partial charge in [0.25, 0.3) is 5.91 Å². The maximum Gasteiger partial charge on any atom is 0.289 e. The van der Waals surface area contributed by atoms with E-state index >= 15 is 0 Å². The molecule has 1 fully saturated rings. The number of piperidine rings is 1. The number of carbonyl (C=O) groups is 1. The average Bonchev–Trinajstić information content (AvgIpc) is 3.02. The molecule has 0 spiro atoms. The molecule has 1 aliphatic heterocycles. The number of carbonyl (C=O) groups excluding carboxylic acids is 1. The fourth-order valence-corrected chi connectivity index (χ4v) is 4.80. The monoisotopic (exact) mass is 359 g/mol. The number of hydrogen-bond acceptors (Lipinski definition) is 3. The van der Waals surface area contributed by atoms with E-state index in [9.17, 15) is 9.00 Å². The lowest BCUT2D eigenvalue weighted by Crippen LogP contribution is -2.42. The number of likely N-dealkylation sites (tertiary alicyclic amines) is 1. The number of nitrogens with zero attached hydrogens (tertiary/aromatic N) is 1. The van der Waals surface area contributed by atoms with Crippen molar-refractivity contribution in [2.75, 3.05) is 13.1 Å². The maximum atomic E-state index is 12.7. The van der Waals surface area contributed by atoms with Crippen LogP contribution in [0, 0.1) is 18.8 Å². The van der Waals surface area contributed by atoms with E-state index in [-0.39, 0.29) is 11.7 Å². The highest BCUT2D eigenvalue weighted by molar-refractivity contribution is 7.84. The van der Waals surface area contributed by atoms with Crippen LogP contribution in [0.5, 0.6) is 0 Å². The van der Waals surface area contributed by atoms with Crippen molar-refractivity contribution in [1.82, 2.24) is 4.90 Å². The number of benzene rings is 1. The molecule has 2 heterocycles. The Balaban J connectivity index is 1.69. The average molecular weight is 359 g/mol. The van der Waals surface area contributed by atoms with E-state index in [4.69, 9.17) is 4.42 Å². The summed E-state index contributed by atoms with van der Waals surface area (Å²) in [6.07, 6.45) is 1.16. The van der Waals surface area contributed by atoms with Gasteiger partial charge in [0.15, 0.2) is 5.76 Å². The van der Waals surface area contributed by atoms with E-state index in [1.54, 1.807) is 12.1 Å². The van der Waals surface area contributed by atoms with E-state index in [0.29, 0.717) is 23.4 Å². The molecule has 0 saturated carbocycles. The molecule has 0 N–H and O–H groups in total. The van der Waals surface area contributed by atoms with Crippen LogP contribution in [-0.2, 0) is 16.6 Å². The lowest BCUT2D eigenvalue weighted by molar-refractivity contribution is 0.0590. The van der Waals surface area contributed by atoms with E-state index in [1.165, 1.54) is 0 Å². The minimum atomic E-state index is -1.18. The Kier molecular flexibility index (Phi) is 5.42. The van der Waals surface area contributed by atoms with Gasteiger partial charge >= 0.3 is 0 Å². The molecule has 3 atom stereocenters. The molecule has 1 amide bonds. The Hall–Kier alpha value is -1.88. The predicted octanol–water partition coefficient (Wildman–Crippen LogP) is 4.01. The van der Waals surface area contributed by atoms with Gasteiger partial charge in [0.05, 0.1) is 16.6 Å². The van der Waals surface area contributed by atoms with Crippen molar-refractivity contribution in [2.45, 2.75) is 37.8 Å². The van der Waals surface area contributed by atoms with Crippen molar-refractivity contribution in [1.29, 1.82) is 0 Å². The lowest BCUT2D eigenvalue weighted by Gasteiger charge is -2.34. The molecule has 5 heteroatoms. The molecule has 4 nitrogen and oxygen atoms in total. The fourth-order valence-electron chi connectivity index (χ4n) is 3.57. The summed E-state index contributed by atoms with van der Waals surface area (Å²) in [6, 6.07) is 11.1. The first-order valence-corrected chi connectivity index (χ1v) is 10.1. The van der Waals surface area contributed by atoms with Gasteiger partial charge in [0, 0.05) is 18.0 Å². The van der Waals surface area contributed by atoms with Gasteiger partial charge in [-0.05, 0) is 48.9 Å². The molecular formula is C20H25NO3S. The summed E-state index contributed by atoms with van der Waals surface area (Å²) < 4.78 is 18.3. The second-order valence-corrected chi connectivity index (χ2v) is 8.60. The molecule has 1 aromatic heterocycles. The van der Waals surface area contributed by atoms with Crippen LogP contribution in [0.15, 0.2) is 45.7 Å². The SMILES string of the molecule is Cc1ccccc1[S@@](=O)Cc1ccc(C(=O)N2C[C@H](C)C[C@H](C)C2)o1. The lowest BCUT2D eigenvalue weighted by atomic mass is 9.92. The number of furan rings is 1. The molecular weight excluding hydrogens is 334 g/mol. The van der Waals surface area contributed by atoms with Crippen molar-refractivity contribution in [3.8, 4) is 0 Å². The quantitative estimate of drug-likeness (QED) is 0.829. The summed E-state index contributed by atoms with van der Waals surface area (Å²) in [5.41, 5.74) is 1.000. The number of hydrogen-bond donors (Lipinski definition) is 0. The highest BCUT2D eigenvalue weighted by Crippen LogP contribution is 2.24. The van der Waals surface area contributed by atoms with Crippen LogP contribution in [-0.4, -0.2) is 28.1 Å². The van der Waals surface area contributed by atoms with Gasteiger partial charge in [0.2, 0.25) is 0 Å². The van der Waals surface area contributed by atoms with Crippen LogP contribution in [0.2, 0.25) is 0 Å². The summed E-state index contributed by atoms with van der Waals surface area (Å²) in [6.45, 7) is 7.84. The van der Waals surface area contributed by atoms with Crippen molar-refractivity contribution < 1.29 is 13.4 Å². The van der Waals surface area contributed by atoms with Gasteiger partial charge in [-0.25, -0.2) is 0 Å². The van der Waals surface area contributed by atoms with Crippen molar-refractivity contribution >= 4 is 16.7 Å². The van der Waals surface area contributed by atoms with Crippen LogP contribution in [0.4, 0.5) is 0 Å². The molecule has 3 rings (SSSR count). The van der Waals surface area contributed by atoms with E-state index in [2.05, 4.69) is 13.8 Å². The topological polar surface area (TPSA) is 50.5 Å². The van der Waals surface area contributed by atoms with Gasteiger partial charge in [-0.15, -0.1) is 0 Å². The van der Waals surface area contributed by atoms with Gasteiger partial charge in [0.1, 0.15) is 5.76 Å². The van der Waals surface area contributed by atoms with Gasteiger partial charge in [-0.3, -0.25) is 9.00 Å². The van der Waals surface area contributed by atoms with E-state index in [0.717, 1.165) is 30.0 Å². The highest BCUT2D eigenvalue weighted by atomic mass is 32.2. The van der Waals surface area contributed by atoms with Gasteiger partial charge in [-0.2, -0.15) is 0 Å². The summed E-state index contributed by atoms with van der Waals surface area (Å²) in [5.74, 6) is 2.17. The Morgan fingerprint density at radius 2 is 1.84 bits per heavy atom. The first-order chi connectivity index (χ1) is 11.9. The van der Waals surface area contributed by atoms with Crippen LogP contribution in [0.3, 0.4) is 0 Å². The molecule has 134 valence electrons. The van der Waals surface area contributed by atoms with E-state index in [1.807, 2.05) is 36.1 Å². The fraction of sp³-hybridized carbons (Fsp3) is 0.450. The van der Waals surface area contributed by atoms with Gasteiger partial charge < -0.3 is 9.32 Å². The molecule has 1 saturated heterocycles. The number of amides is 1.